The number of benzene rings is 2. The van der Waals surface area contributed by atoms with E-state index >= 15 is 0 Å². The van der Waals surface area contributed by atoms with Crippen LogP contribution in [0.3, 0.4) is 0 Å². The molecule has 1 aliphatic heterocycles. The van der Waals surface area contributed by atoms with Gasteiger partial charge < -0.3 is 15.6 Å². The quantitative estimate of drug-likeness (QED) is 0.635. The summed E-state index contributed by atoms with van der Waals surface area (Å²) in [5.41, 5.74) is 8.40. The number of primary amides is 1. The second-order valence-electron chi connectivity index (χ2n) is 7.86. The van der Waals surface area contributed by atoms with Crippen LogP contribution in [0.25, 0.3) is 11.4 Å². The SMILES string of the molecule is Cc1cccc(-c2noc(CN3CCC(C(=O)Nc4ccc(C(N)=O)cc4)CC3)n2)c1. The number of likely N-dealkylation sites (tertiary alicyclic amines) is 1. The highest BCUT2D eigenvalue weighted by molar-refractivity contribution is 5.95. The van der Waals surface area contributed by atoms with Crippen molar-refractivity contribution in [2.75, 3.05) is 18.4 Å². The number of carbonyl (C=O) groups is 2. The molecular weight excluding hydrogens is 394 g/mol. The first-order chi connectivity index (χ1) is 15.0. The molecule has 2 aromatic carbocycles. The number of aryl methyl sites for hydroxylation is 1. The first-order valence-electron chi connectivity index (χ1n) is 10.3. The Kier molecular flexibility index (Phi) is 6.08. The Morgan fingerprint density at radius 1 is 1.16 bits per heavy atom. The van der Waals surface area contributed by atoms with E-state index in [1.807, 2.05) is 31.2 Å². The minimum Gasteiger partial charge on any atom is -0.366 e. The van der Waals surface area contributed by atoms with E-state index in [-0.39, 0.29) is 11.8 Å². The predicted octanol–water partition coefficient (Wildman–Crippen LogP) is 2.99. The van der Waals surface area contributed by atoms with Crippen molar-refractivity contribution < 1.29 is 14.1 Å². The van der Waals surface area contributed by atoms with Crippen molar-refractivity contribution in [3.8, 4) is 11.4 Å². The molecule has 0 saturated carbocycles. The van der Waals surface area contributed by atoms with E-state index in [0.717, 1.165) is 37.1 Å². The molecule has 0 spiro atoms. The molecule has 0 atom stereocenters. The van der Waals surface area contributed by atoms with Crippen LogP contribution in [0.4, 0.5) is 5.69 Å². The Hall–Kier alpha value is -3.52. The summed E-state index contributed by atoms with van der Waals surface area (Å²) in [4.78, 5) is 30.5. The van der Waals surface area contributed by atoms with Crippen molar-refractivity contribution in [3.05, 3.63) is 65.5 Å². The molecule has 0 bridgehead atoms. The maximum atomic E-state index is 12.6. The number of nitrogens with two attached hydrogens (primary N) is 1. The molecule has 2 heterocycles. The van der Waals surface area contributed by atoms with Gasteiger partial charge in [0.15, 0.2) is 0 Å². The van der Waals surface area contributed by atoms with Crippen LogP contribution in [-0.4, -0.2) is 39.9 Å². The summed E-state index contributed by atoms with van der Waals surface area (Å²) in [6, 6.07) is 14.6. The van der Waals surface area contributed by atoms with Crippen LogP contribution in [-0.2, 0) is 11.3 Å². The minimum absolute atomic E-state index is 0.00833. The second-order valence-corrected chi connectivity index (χ2v) is 7.86. The zero-order valence-electron chi connectivity index (χ0n) is 17.4. The molecule has 0 aliphatic carbocycles. The van der Waals surface area contributed by atoms with Gasteiger partial charge in [0, 0.05) is 22.7 Å². The number of hydrogen-bond acceptors (Lipinski definition) is 6. The highest BCUT2D eigenvalue weighted by Crippen LogP contribution is 2.22. The van der Waals surface area contributed by atoms with Gasteiger partial charge in [-0.1, -0.05) is 28.9 Å². The van der Waals surface area contributed by atoms with E-state index < -0.39 is 5.91 Å². The van der Waals surface area contributed by atoms with Crippen LogP contribution in [0.15, 0.2) is 53.1 Å². The van der Waals surface area contributed by atoms with Gasteiger partial charge in [0.2, 0.25) is 23.5 Å². The number of anilines is 1. The highest BCUT2D eigenvalue weighted by atomic mass is 16.5. The Labute approximate surface area is 180 Å². The molecule has 160 valence electrons. The molecule has 4 rings (SSSR count). The second kappa shape index (κ2) is 9.09. The Balaban J connectivity index is 1.28. The normalized spacial score (nSPS) is 15.0. The number of amides is 2. The zero-order valence-corrected chi connectivity index (χ0v) is 17.4. The fourth-order valence-electron chi connectivity index (χ4n) is 3.73. The molecule has 1 aromatic heterocycles. The third-order valence-corrected chi connectivity index (χ3v) is 5.50. The molecular formula is C23H25N5O3. The van der Waals surface area contributed by atoms with Gasteiger partial charge >= 0.3 is 0 Å². The fraction of sp³-hybridized carbons (Fsp3) is 0.304. The van der Waals surface area contributed by atoms with Crippen LogP contribution in [0.2, 0.25) is 0 Å². The van der Waals surface area contributed by atoms with E-state index in [1.165, 1.54) is 0 Å². The molecule has 1 aliphatic rings. The number of carbonyl (C=O) groups excluding carboxylic acids is 2. The molecule has 1 saturated heterocycles. The largest absolute Gasteiger partial charge is 0.366 e. The van der Waals surface area contributed by atoms with Crippen LogP contribution in [0.5, 0.6) is 0 Å². The molecule has 2 amide bonds. The van der Waals surface area contributed by atoms with Gasteiger partial charge in [0.1, 0.15) is 0 Å². The minimum atomic E-state index is -0.488. The number of rotatable bonds is 6. The first-order valence-corrected chi connectivity index (χ1v) is 10.3. The van der Waals surface area contributed by atoms with Crippen LogP contribution < -0.4 is 11.1 Å². The molecule has 31 heavy (non-hydrogen) atoms. The summed E-state index contributed by atoms with van der Waals surface area (Å²) in [6.45, 7) is 4.16. The summed E-state index contributed by atoms with van der Waals surface area (Å²) < 4.78 is 5.43. The Morgan fingerprint density at radius 3 is 2.58 bits per heavy atom. The van der Waals surface area contributed by atoms with E-state index in [0.29, 0.717) is 29.5 Å². The zero-order chi connectivity index (χ0) is 21.8. The number of nitrogens with one attached hydrogen (secondary N) is 1. The van der Waals surface area contributed by atoms with E-state index in [4.69, 9.17) is 10.3 Å². The number of hydrogen-bond donors (Lipinski definition) is 2. The van der Waals surface area contributed by atoms with Crippen molar-refractivity contribution in [1.29, 1.82) is 0 Å². The lowest BCUT2D eigenvalue weighted by atomic mass is 9.96. The smallest absolute Gasteiger partial charge is 0.248 e. The van der Waals surface area contributed by atoms with Gasteiger partial charge in [-0.05, 0) is 63.2 Å². The number of aromatic nitrogens is 2. The van der Waals surface area contributed by atoms with Crippen molar-refractivity contribution in [3.63, 3.8) is 0 Å². The molecule has 8 nitrogen and oxygen atoms in total. The van der Waals surface area contributed by atoms with Crippen LogP contribution in [0.1, 0.15) is 34.7 Å². The third-order valence-electron chi connectivity index (χ3n) is 5.50. The standard InChI is InChI=1S/C23H25N5O3/c1-15-3-2-4-18(13-15)22-26-20(31-27-22)14-28-11-9-17(10-12-28)23(30)25-19-7-5-16(6-8-19)21(24)29/h2-8,13,17H,9-12,14H2,1H3,(H2,24,29)(H,25,30). The van der Waals surface area contributed by atoms with Crippen molar-refractivity contribution in [1.82, 2.24) is 15.0 Å². The van der Waals surface area contributed by atoms with Crippen molar-refractivity contribution >= 4 is 17.5 Å². The van der Waals surface area contributed by atoms with Crippen molar-refractivity contribution in [2.45, 2.75) is 26.3 Å². The maximum Gasteiger partial charge on any atom is 0.248 e. The summed E-state index contributed by atoms with van der Waals surface area (Å²) in [6.07, 6.45) is 1.51. The Bertz CT molecular complexity index is 1070. The maximum absolute atomic E-state index is 12.6. The van der Waals surface area contributed by atoms with E-state index in [1.54, 1.807) is 24.3 Å². The van der Waals surface area contributed by atoms with E-state index in [9.17, 15) is 9.59 Å². The molecule has 0 unspecified atom stereocenters. The molecule has 8 heteroatoms. The average molecular weight is 419 g/mol. The molecule has 3 N–H and O–H groups in total. The fourth-order valence-corrected chi connectivity index (χ4v) is 3.73. The molecule has 3 aromatic rings. The van der Waals surface area contributed by atoms with Gasteiger partial charge in [0.05, 0.1) is 6.54 Å². The Morgan fingerprint density at radius 2 is 1.90 bits per heavy atom. The van der Waals surface area contributed by atoms with Crippen LogP contribution >= 0.6 is 0 Å². The first kappa shape index (κ1) is 20.7. The molecule has 0 radical (unpaired) electrons. The highest BCUT2D eigenvalue weighted by Gasteiger charge is 2.26. The lowest BCUT2D eigenvalue weighted by Crippen LogP contribution is -2.37. The number of piperidine rings is 1. The van der Waals surface area contributed by atoms with Gasteiger partial charge in [-0.15, -0.1) is 0 Å². The lowest BCUT2D eigenvalue weighted by molar-refractivity contribution is -0.121. The monoisotopic (exact) mass is 419 g/mol. The summed E-state index contributed by atoms with van der Waals surface area (Å²) in [5, 5.41) is 7.01. The topological polar surface area (TPSA) is 114 Å². The number of nitrogens with zero attached hydrogens (tertiary/aromatic N) is 3. The summed E-state index contributed by atoms with van der Waals surface area (Å²) in [5.74, 6) is 0.616. The van der Waals surface area contributed by atoms with Gasteiger partial charge in [-0.2, -0.15) is 4.98 Å². The summed E-state index contributed by atoms with van der Waals surface area (Å²) in [7, 11) is 0. The van der Waals surface area contributed by atoms with Gasteiger partial charge in [-0.25, -0.2) is 0 Å². The predicted molar refractivity (Wildman–Crippen MR) is 116 cm³/mol. The lowest BCUT2D eigenvalue weighted by Gasteiger charge is -2.30. The molecule has 1 fully saturated rings. The van der Waals surface area contributed by atoms with Crippen LogP contribution in [0, 0.1) is 12.8 Å². The van der Waals surface area contributed by atoms with Gasteiger partial charge in [0.25, 0.3) is 0 Å². The van der Waals surface area contributed by atoms with Gasteiger partial charge in [-0.3, -0.25) is 14.5 Å². The van der Waals surface area contributed by atoms with Crippen molar-refractivity contribution in [2.24, 2.45) is 11.7 Å². The van der Waals surface area contributed by atoms with E-state index in [2.05, 4.69) is 20.4 Å². The average Bonchev–Trinajstić information content (AvgIpc) is 3.23. The third kappa shape index (κ3) is 5.16. The summed E-state index contributed by atoms with van der Waals surface area (Å²) >= 11 is 0.